The van der Waals surface area contributed by atoms with Crippen molar-refractivity contribution in [1.82, 2.24) is 20.9 Å². The van der Waals surface area contributed by atoms with Crippen LogP contribution in [0.4, 0.5) is 4.79 Å². The summed E-state index contributed by atoms with van der Waals surface area (Å²) in [5, 5.41) is 7.67. The molecular formula is C21H28N4O6. The second-order valence-electron chi connectivity index (χ2n) is 7.42. The summed E-state index contributed by atoms with van der Waals surface area (Å²) >= 11 is 0. The third-order valence-electron chi connectivity index (χ3n) is 5.01. The van der Waals surface area contributed by atoms with E-state index < -0.39 is 24.1 Å². The van der Waals surface area contributed by atoms with E-state index in [0.717, 1.165) is 5.56 Å². The van der Waals surface area contributed by atoms with Crippen molar-refractivity contribution in [2.45, 2.75) is 38.5 Å². The molecular weight excluding hydrogens is 404 g/mol. The highest BCUT2D eigenvalue weighted by molar-refractivity contribution is 5.88. The molecule has 1 saturated heterocycles. The maximum absolute atomic E-state index is 12.8. The maximum Gasteiger partial charge on any atom is 0.408 e. The third-order valence-corrected chi connectivity index (χ3v) is 5.01. The molecule has 168 valence electrons. The second-order valence-corrected chi connectivity index (χ2v) is 7.42. The number of aldehydes is 1. The Morgan fingerprint density at radius 1 is 1.26 bits per heavy atom. The fraction of sp³-hybridized carbons (Fsp3) is 0.476. The zero-order chi connectivity index (χ0) is 22.8. The first kappa shape index (κ1) is 23.8. The van der Waals surface area contributed by atoms with Gasteiger partial charge in [-0.3, -0.25) is 14.4 Å². The van der Waals surface area contributed by atoms with Crippen LogP contribution in [0.15, 0.2) is 30.3 Å². The first-order chi connectivity index (χ1) is 14.8. The molecule has 31 heavy (non-hydrogen) atoms. The molecule has 1 aliphatic rings. The van der Waals surface area contributed by atoms with Gasteiger partial charge in [-0.15, -0.1) is 0 Å². The minimum atomic E-state index is -1.14. The van der Waals surface area contributed by atoms with Crippen molar-refractivity contribution in [3.8, 4) is 0 Å². The van der Waals surface area contributed by atoms with Gasteiger partial charge in [-0.1, -0.05) is 30.3 Å². The fourth-order valence-corrected chi connectivity index (χ4v) is 3.11. The molecule has 1 fully saturated rings. The Morgan fingerprint density at radius 3 is 2.55 bits per heavy atom. The average molecular weight is 432 g/mol. The summed E-state index contributed by atoms with van der Waals surface area (Å²) in [6, 6.07) is 6.98. The van der Waals surface area contributed by atoms with Crippen molar-refractivity contribution >= 4 is 30.1 Å². The van der Waals surface area contributed by atoms with E-state index in [1.807, 2.05) is 6.07 Å². The van der Waals surface area contributed by atoms with Gasteiger partial charge in [0.1, 0.15) is 18.9 Å². The van der Waals surface area contributed by atoms with Gasteiger partial charge in [0.25, 0.3) is 0 Å². The lowest BCUT2D eigenvalue weighted by atomic mass is 9.99. The van der Waals surface area contributed by atoms with E-state index in [2.05, 4.69) is 16.0 Å². The molecule has 0 bridgehead atoms. The average Bonchev–Trinajstić information content (AvgIpc) is 3.16. The highest BCUT2D eigenvalue weighted by Gasteiger charge is 2.30. The summed E-state index contributed by atoms with van der Waals surface area (Å²) in [4.78, 5) is 61.0. The molecule has 0 aromatic heterocycles. The Bertz CT molecular complexity index is 800. The number of benzene rings is 1. The molecule has 3 N–H and O–H groups in total. The van der Waals surface area contributed by atoms with E-state index >= 15 is 0 Å². The van der Waals surface area contributed by atoms with Crippen molar-refractivity contribution in [3.63, 3.8) is 0 Å². The van der Waals surface area contributed by atoms with Crippen LogP contribution < -0.4 is 16.0 Å². The van der Waals surface area contributed by atoms with Crippen LogP contribution in [0.5, 0.6) is 0 Å². The fourth-order valence-electron chi connectivity index (χ4n) is 3.11. The highest BCUT2D eigenvalue weighted by atomic mass is 16.5. The number of nitrogens with zero attached hydrogens (tertiary/aromatic N) is 1. The quantitative estimate of drug-likeness (QED) is 0.445. The first-order valence-corrected chi connectivity index (χ1v) is 10.0. The molecule has 0 aliphatic carbocycles. The van der Waals surface area contributed by atoms with Crippen LogP contribution in [0, 0.1) is 5.92 Å². The topological polar surface area (TPSA) is 134 Å². The Kier molecular flexibility index (Phi) is 8.98. The molecule has 1 aliphatic heterocycles. The number of alkyl carbamates (subject to hydrolysis) is 1. The number of amides is 4. The molecule has 0 saturated carbocycles. The molecule has 2 rings (SSSR count). The number of hydrogen-bond donors (Lipinski definition) is 3. The van der Waals surface area contributed by atoms with Gasteiger partial charge in [-0.05, 0) is 18.4 Å². The summed E-state index contributed by atoms with van der Waals surface area (Å²) in [6.45, 7) is 1.76. The van der Waals surface area contributed by atoms with Gasteiger partial charge >= 0.3 is 6.09 Å². The molecule has 0 radical (unpaired) electrons. The lowest BCUT2D eigenvalue weighted by Gasteiger charge is -2.25. The van der Waals surface area contributed by atoms with E-state index in [4.69, 9.17) is 4.74 Å². The summed E-state index contributed by atoms with van der Waals surface area (Å²) in [5.41, 5.74) is 0.773. The Labute approximate surface area is 180 Å². The summed E-state index contributed by atoms with van der Waals surface area (Å²) in [7, 11) is 1.49. The summed E-state index contributed by atoms with van der Waals surface area (Å²) in [5.74, 6) is -1.47. The van der Waals surface area contributed by atoms with Crippen LogP contribution >= 0.6 is 0 Å². The predicted molar refractivity (Wildman–Crippen MR) is 111 cm³/mol. The molecule has 1 aromatic rings. The first-order valence-electron chi connectivity index (χ1n) is 10.0. The minimum Gasteiger partial charge on any atom is -0.445 e. The van der Waals surface area contributed by atoms with Gasteiger partial charge in [-0.2, -0.15) is 0 Å². The number of hydrogen-bond acceptors (Lipinski definition) is 6. The Balaban J connectivity index is 1.98. The Hall–Kier alpha value is -3.43. The van der Waals surface area contributed by atoms with Crippen LogP contribution in [0.1, 0.15) is 25.3 Å². The van der Waals surface area contributed by atoms with Crippen molar-refractivity contribution in [2.24, 2.45) is 5.92 Å². The molecule has 4 amide bonds. The van der Waals surface area contributed by atoms with E-state index in [0.29, 0.717) is 19.3 Å². The Morgan fingerprint density at radius 2 is 1.97 bits per heavy atom. The summed E-state index contributed by atoms with van der Waals surface area (Å²) < 4.78 is 5.15. The lowest BCUT2D eigenvalue weighted by Crippen LogP contribution is -2.55. The molecule has 1 heterocycles. The normalized spacial score (nSPS) is 17.1. The van der Waals surface area contributed by atoms with Gasteiger partial charge in [0.15, 0.2) is 0 Å². The van der Waals surface area contributed by atoms with Crippen molar-refractivity contribution in [1.29, 1.82) is 0 Å². The van der Waals surface area contributed by atoms with Crippen LogP contribution in [0.2, 0.25) is 0 Å². The minimum absolute atomic E-state index is 0.0112. The monoisotopic (exact) mass is 432 g/mol. The van der Waals surface area contributed by atoms with Crippen molar-refractivity contribution < 1.29 is 28.7 Å². The largest absolute Gasteiger partial charge is 0.445 e. The van der Waals surface area contributed by atoms with Gasteiger partial charge in [0, 0.05) is 33.0 Å². The number of ether oxygens (including phenoxy) is 1. The number of rotatable bonds is 10. The zero-order valence-electron chi connectivity index (χ0n) is 17.6. The van der Waals surface area contributed by atoms with E-state index in [1.165, 1.54) is 18.9 Å². The third kappa shape index (κ3) is 7.72. The SMILES string of the molecule is CC(=O)N(C)C[C@H](NC(=O)OCc1ccccc1)C(=O)N[C@H](C=O)C[C@@H]1CCNC1=O. The van der Waals surface area contributed by atoms with Crippen LogP contribution in [0.3, 0.4) is 0 Å². The van der Waals surface area contributed by atoms with E-state index in [1.54, 1.807) is 24.3 Å². The number of likely N-dealkylation sites (N-methyl/N-ethyl adjacent to an activating group) is 1. The van der Waals surface area contributed by atoms with Crippen LogP contribution in [-0.4, -0.2) is 67.2 Å². The smallest absolute Gasteiger partial charge is 0.408 e. The number of carbonyl (C=O) groups excluding carboxylic acids is 5. The van der Waals surface area contributed by atoms with Crippen LogP contribution in [0.25, 0.3) is 0 Å². The van der Waals surface area contributed by atoms with Crippen molar-refractivity contribution in [2.75, 3.05) is 20.1 Å². The maximum atomic E-state index is 12.8. The van der Waals surface area contributed by atoms with Gasteiger partial charge < -0.3 is 30.4 Å². The van der Waals surface area contributed by atoms with Gasteiger partial charge in [-0.25, -0.2) is 4.79 Å². The molecule has 3 atom stereocenters. The van der Waals surface area contributed by atoms with Crippen molar-refractivity contribution in [3.05, 3.63) is 35.9 Å². The molecule has 10 heteroatoms. The van der Waals surface area contributed by atoms with Crippen LogP contribution in [-0.2, 0) is 30.5 Å². The highest BCUT2D eigenvalue weighted by Crippen LogP contribution is 2.15. The predicted octanol–water partition coefficient (Wildman–Crippen LogP) is -0.0304. The lowest BCUT2D eigenvalue weighted by molar-refractivity contribution is -0.131. The standard InChI is InChI=1S/C21H28N4O6/c1-14(27)25(2)11-18(24-21(30)31-13-15-6-4-3-5-7-15)20(29)23-17(12-26)10-16-8-9-22-19(16)28/h3-7,12,16-18H,8-11,13H2,1-2H3,(H,22,28)(H,23,29)(H,24,30)/t16-,17-,18-/m0/s1. The zero-order valence-corrected chi connectivity index (χ0v) is 17.6. The molecule has 0 unspecified atom stereocenters. The van der Waals surface area contributed by atoms with E-state index in [-0.39, 0.29) is 37.3 Å². The summed E-state index contributed by atoms with van der Waals surface area (Å²) in [6.07, 6.45) is 0.468. The number of nitrogens with one attached hydrogen (secondary N) is 3. The molecule has 0 spiro atoms. The van der Waals surface area contributed by atoms with E-state index in [9.17, 15) is 24.0 Å². The van der Waals surface area contributed by atoms with Gasteiger partial charge in [0.05, 0.1) is 6.04 Å². The molecule has 1 aromatic carbocycles. The molecule has 10 nitrogen and oxygen atoms in total. The van der Waals surface area contributed by atoms with Gasteiger partial charge in [0.2, 0.25) is 17.7 Å². The second kappa shape index (κ2) is 11.7. The number of carbonyl (C=O) groups is 5.